The van der Waals surface area contributed by atoms with Crippen LogP contribution in [0.2, 0.25) is 10.0 Å². The molecule has 1 amide bonds. The molecule has 2 aromatic heterocycles. The molecule has 1 atom stereocenters. The molecule has 1 aliphatic rings. The van der Waals surface area contributed by atoms with Crippen LogP contribution < -0.4 is 10.3 Å². The predicted octanol–water partition coefficient (Wildman–Crippen LogP) is 5.15. The minimum absolute atomic E-state index is 0.0228. The van der Waals surface area contributed by atoms with Crippen molar-refractivity contribution in [1.29, 1.82) is 0 Å². The maximum absolute atomic E-state index is 13.3. The average molecular weight is 427 g/mol. The van der Waals surface area contributed by atoms with Crippen LogP contribution in [-0.2, 0) is 0 Å². The van der Waals surface area contributed by atoms with Gasteiger partial charge in [-0.1, -0.05) is 46.6 Å². The molecule has 2 aromatic carbocycles. The normalized spacial score (nSPS) is 15.9. The highest BCUT2D eigenvalue weighted by atomic mass is 35.5. The Morgan fingerprint density at radius 1 is 1.03 bits per heavy atom. The van der Waals surface area contributed by atoms with E-state index in [-0.39, 0.29) is 22.6 Å². The zero-order chi connectivity index (χ0) is 20.3. The van der Waals surface area contributed by atoms with E-state index in [9.17, 15) is 9.59 Å². The highest BCUT2D eigenvalue weighted by Gasteiger charge is 2.45. The molecule has 0 N–H and O–H groups in total. The number of halogens is 2. The molecular weight excluding hydrogens is 415 g/mol. The summed E-state index contributed by atoms with van der Waals surface area (Å²) in [6.07, 6.45) is 0. The van der Waals surface area contributed by atoms with E-state index in [0.29, 0.717) is 32.3 Å². The van der Waals surface area contributed by atoms with Gasteiger partial charge in [0, 0.05) is 6.07 Å². The summed E-state index contributed by atoms with van der Waals surface area (Å²) in [5.74, 6) is 0.303. The van der Waals surface area contributed by atoms with E-state index in [1.165, 1.54) is 4.90 Å². The number of anilines is 1. The third kappa shape index (κ3) is 2.68. The van der Waals surface area contributed by atoms with Gasteiger partial charge in [0.2, 0.25) is 5.76 Å². The third-order valence-corrected chi connectivity index (χ3v) is 5.64. The van der Waals surface area contributed by atoms with E-state index >= 15 is 0 Å². The molecule has 0 bridgehead atoms. The number of nitrogens with zero attached hydrogens (tertiary/aromatic N) is 2. The van der Waals surface area contributed by atoms with Crippen molar-refractivity contribution < 1.29 is 13.7 Å². The van der Waals surface area contributed by atoms with Crippen LogP contribution in [0.3, 0.4) is 0 Å². The van der Waals surface area contributed by atoms with E-state index in [1.54, 1.807) is 55.5 Å². The van der Waals surface area contributed by atoms with Gasteiger partial charge in [-0.25, -0.2) is 0 Å². The van der Waals surface area contributed by atoms with Crippen molar-refractivity contribution in [3.63, 3.8) is 0 Å². The third-order valence-electron chi connectivity index (χ3n) is 4.90. The highest BCUT2D eigenvalue weighted by molar-refractivity contribution is 6.42. The van der Waals surface area contributed by atoms with Gasteiger partial charge >= 0.3 is 0 Å². The first-order chi connectivity index (χ1) is 14.0. The van der Waals surface area contributed by atoms with Crippen LogP contribution in [0.15, 0.2) is 62.3 Å². The van der Waals surface area contributed by atoms with E-state index < -0.39 is 11.9 Å². The first-order valence-electron chi connectivity index (χ1n) is 8.73. The summed E-state index contributed by atoms with van der Waals surface area (Å²) in [4.78, 5) is 28.0. The Hall–Kier alpha value is -3.09. The number of amides is 1. The number of aromatic nitrogens is 1. The molecule has 8 heteroatoms. The quantitative estimate of drug-likeness (QED) is 0.443. The number of hydrogen-bond acceptors (Lipinski definition) is 5. The Labute approximate surface area is 174 Å². The molecule has 6 nitrogen and oxygen atoms in total. The number of fused-ring (bicyclic) bond motifs is 2. The molecule has 144 valence electrons. The number of rotatable bonds is 2. The zero-order valence-electron chi connectivity index (χ0n) is 15.0. The molecule has 0 spiro atoms. The lowest BCUT2D eigenvalue weighted by atomic mass is 9.98. The van der Waals surface area contributed by atoms with Crippen molar-refractivity contribution >= 4 is 45.9 Å². The molecule has 3 heterocycles. The lowest BCUT2D eigenvalue weighted by molar-refractivity contribution is 0.0969. The monoisotopic (exact) mass is 426 g/mol. The van der Waals surface area contributed by atoms with Crippen LogP contribution in [0, 0.1) is 6.92 Å². The average Bonchev–Trinajstić information content (AvgIpc) is 3.26. The molecule has 0 saturated carbocycles. The maximum Gasteiger partial charge on any atom is 0.296 e. The van der Waals surface area contributed by atoms with E-state index in [1.807, 2.05) is 0 Å². The second-order valence-corrected chi connectivity index (χ2v) is 7.53. The van der Waals surface area contributed by atoms with Gasteiger partial charge in [0.25, 0.3) is 5.91 Å². The predicted molar refractivity (Wildman–Crippen MR) is 109 cm³/mol. The summed E-state index contributed by atoms with van der Waals surface area (Å²) < 4.78 is 11.0. The molecule has 29 heavy (non-hydrogen) atoms. The first kappa shape index (κ1) is 18.0. The van der Waals surface area contributed by atoms with E-state index in [2.05, 4.69) is 5.16 Å². The molecule has 4 aromatic rings. The second-order valence-electron chi connectivity index (χ2n) is 6.72. The van der Waals surface area contributed by atoms with E-state index in [0.717, 1.165) is 0 Å². The number of aryl methyl sites for hydroxylation is 1. The topological polar surface area (TPSA) is 76.6 Å². The van der Waals surface area contributed by atoms with Gasteiger partial charge in [0.1, 0.15) is 11.3 Å². The SMILES string of the molecule is Cc1cc(N2C(=O)c3oc4ccccc4c(=O)c3C2c2ccc(Cl)c(Cl)c2)no1. The summed E-state index contributed by atoms with van der Waals surface area (Å²) in [6, 6.07) is 12.6. The number of hydrogen-bond donors (Lipinski definition) is 0. The van der Waals surface area contributed by atoms with Crippen LogP contribution in [0.4, 0.5) is 5.82 Å². The van der Waals surface area contributed by atoms with Gasteiger partial charge in [-0.2, -0.15) is 0 Å². The van der Waals surface area contributed by atoms with Gasteiger partial charge in [0.05, 0.1) is 27.0 Å². The fraction of sp³-hybridized carbons (Fsp3) is 0.0952. The van der Waals surface area contributed by atoms with Gasteiger partial charge in [-0.05, 0) is 36.8 Å². The molecule has 5 rings (SSSR count). The first-order valence-corrected chi connectivity index (χ1v) is 9.49. The Kier molecular flexibility index (Phi) is 4.01. The lowest BCUT2D eigenvalue weighted by Crippen LogP contribution is -2.29. The smallest absolute Gasteiger partial charge is 0.296 e. The Morgan fingerprint density at radius 2 is 1.83 bits per heavy atom. The molecule has 0 aliphatic carbocycles. The van der Waals surface area contributed by atoms with Crippen molar-refractivity contribution in [2.45, 2.75) is 13.0 Å². The zero-order valence-corrected chi connectivity index (χ0v) is 16.5. The Morgan fingerprint density at radius 3 is 2.55 bits per heavy atom. The minimum atomic E-state index is -0.780. The van der Waals surface area contributed by atoms with Crippen LogP contribution in [-0.4, -0.2) is 11.1 Å². The van der Waals surface area contributed by atoms with Gasteiger partial charge in [0.15, 0.2) is 11.2 Å². The molecule has 1 aliphatic heterocycles. The lowest BCUT2D eigenvalue weighted by Gasteiger charge is -2.22. The van der Waals surface area contributed by atoms with Crippen molar-refractivity contribution in [2.24, 2.45) is 0 Å². The van der Waals surface area contributed by atoms with Crippen molar-refractivity contribution in [1.82, 2.24) is 5.16 Å². The van der Waals surface area contributed by atoms with E-state index in [4.69, 9.17) is 32.1 Å². The summed E-state index contributed by atoms with van der Waals surface area (Å²) in [5.41, 5.74) is 0.895. The maximum atomic E-state index is 13.3. The molecule has 0 saturated heterocycles. The van der Waals surface area contributed by atoms with Gasteiger partial charge in [-0.15, -0.1) is 0 Å². The van der Waals surface area contributed by atoms with Crippen molar-refractivity contribution in [3.8, 4) is 0 Å². The molecule has 0 radical (unpaired) electrons. The number of carbonyl (C=O) groups excluding carboxylic acids is 1. The molecular formula is C21H12Cl2N2O4. The van der Waals surface area contributed by atoms with Gasteiger partial charge in [-0.3, -0.25) is 14.5 Å². The van der Waals surface area contributed by atoms with Crippen LogP contribution in [0.5, 0.6) is 0 Å². The van der Waals surface area contributed by atoms with Crippen molar-refractivity contribution in [2.75, 3.05) is 4.90 Å². The summed E-state index contributed by atoms with van der Waals surface area (Å²) in [6.45, 7) is 1.72. The largest absolute Gasteiger partial charge is 0.450 e. The van der Waals surface area contributed by atoms with Gasteiger partial charge < -0.3 is 8.94 Å². The van der Waals surface area contributed by atoms with Crippen molar-refractivity contribution in [3.05, 3.63) is 91.4 Å². The summed E-state index contributed by atoms with van der Waals surface area (Å²) in [5, 5.41) is 5.05. The number of benzene rings is 2. The number of para-hydroxylation sites is 1. The second kappa shape index (κ2) is 6.47. The number of carbonyl (C=O) groups is 1. The fourth-order valence-corrected chi connectivity index (χ4v) is 3.93. The summed E-state index contributed by atoms with van der Waals surface area (Å²) in [7, 11) is 0. The molecule has 1 unspecified atom stereocenters. The summed E-state index contributed by atoms with van der Waals surface area (Å²) >= 11 is 12.3. The Bertz CT molecular complexity index is 1360. The minimum Gasteiger partial charge on any atom is -0.450 e. The highest BCUT2D eigenvalue weighted by Crippen LogP contribution is 2.42. The van der Waals surface area contributed by atoms with Crippen LogP contribution >= 0.6 is 23.2 Å². The molecule has 0 fully saturated rings. The Balaban J connectivity index is 1.83. The van der Waals surface area contributed by atoms with Crippen LogP contribution in [0.25, 0.3) is 11.0 Å². The van der Waals surface area contributed by atoms with Crippen LogP contribution in [0.1, 0.15) is 33.5 Å². The standard InChI is InChI=1S/C21H12Cl2N2O4/c1-10-8-16(24-29-10)25-18(11-6-7-13(22)14(23)9-11)17-19(26)12-4-2-3-5-15(12)28-20(17)21(25)27/h2-9,18H,1H3. The fourth-order valence-electron chi connectivity index (χ4n) is 3.62.